The Balaban J connectivity index is 1.66. The molecule has 16 heavy (non-hydrogen) atoms. The zero-order valence-electron chi connectivity index (χ0n) is 9.42. The number of rotatable bonds is 5. The maximum Gasteiger partial charge on any atom is 0.132 e. The molecule has 0 radical (unpaired) electrons. The number of para-hydroxylation sites is 1. The van der Waals surface area contributed by atoms with Crippen LogP contribution >= 0.6 is 22.6 Å². The summed E-state index contributed by atoms with van der Waals surface area (Å²) in [6.45, 7) is 2.03. The van der Waals surface area contributed by atoms with Gasteiger partial charge in [-0.2, -0.15) is 0 Å². The van der Waals surface area contributed by atoms with Crippen LogP contribution in [0.25, 0.3) is 0 Å². The van der Waals surface area contributed by atoms with Crippen LogP contribution in [0.15, 0.2) is 24.3 Å². The summed E-state index contributed by atoms with van der Waals surface area (Å²) in [5, 5.41) is 3.51. The first-order chi connectivity index (χ1) is 7.86. The van der Waals surface area contributed by atoms with Gasteiger partial charge >= 0.3 is 0 Å². The molecule has 1 aromatic rings. The van der Waals surface area contributed by atoms with Gasteiger partial charge in [0, 0.05) is 6.04 Å². The van der Waals surface area contributed by atoms with Crippen molar-refractivity contribution in [1.29, 1.82) is 0 Å². The Bertz CT molecular complexity index is 323. The molecule has 1 unspecified atom stereocenters. The maximum atomic E-state index is 5.76. The second kappa shape index (κ2) is 6.45. The predicted octanol–water partition coefficient (Wildman–Crippen LogP) is 3.20. The zero-order valence-corrected chi connectivity index (χ0v) is 11.6. The van der Waals surface area contributed by atoms with Gasteiger partial charge in [-0.05, 0) is 67.0 Å². The molecule has 2 rings (SSSR count). The molecule has 1 fully saturated rings. The maximum absolute atomic E-state index is 5.76. The largest absolute Gasteiger partial charge is 0.492 e. The van der Waals surface area contributed by atoms with Gasteiger partial charge in [-0.25, -0.2) is 0 Å². The topological polar surface area (TPSA) is 21.3 Å². The fourth-order valence-corrected chi connectivity index (χ4v) is 2.62. The van der Waals surface area contributed by atoms with E-state index in [1.807, 2.05) is 18.2 Å². The van der Waals surface area contributed by atoms with Crippen LogP contribution in [-0.2, 0) is 0 Å². The highest BCUT2D eigenvalue weighted by molar-refractivity contribution is 14.1. The Morgan fingerprint density at radius 3 is 3.00 bits per heavy atom. The van der Waals surface area contributed by atoms with Gasteiger partial charge in [0.15, 0.2) is 0 Å². The lowest BCUT2D eigenvalue weighted by molar-refractivity contribution is 0.297. The number of hydrogen-bond acceptors (Lipinski definition) is 2. The monoisotopic (exact) mass is 331 g/mol. The molecule has 2 nitrogen and oxygen atoms in total. The average molecular weight is 331 g/mol. The van der Waals surface area contributed by atoms with Crippen molar-refractivity contribution in [1.82, 2.24) is 5.32 Å². The Labute approximate surface area is 111 Å². The molecule has 1 atom stereocenters. The molecule has 0 saturated carbocycles. The van der Waals surface area contributed by atoms with E-state index in [0.29, 0.717) is 0 Å². The zero-order chi connectivity index (χ0) is 11.2. The first-order valence-corrected chi connectivity index (χ1v) is 7.05. The summed E-state index contributed by atoms with van der Waals surface area (Å²) < 4.78 is 6.95. The van der Waals surface area contributed by atoms with Crippen LogP contribution < -0.4 is 10.1 Å². The van der Waals surface area contributed by atoms with Gasteiger partial charge in [0.2, 0.25) is 0 Å². The second-order valence-corrected chi connectivity index (χ2v) is 5.38. The highest BCUT2D eigenvalue weighted by Crippen LogP contribution is 2.20. The van der Waals surface area contributed by atoms with E-state index in [0.717, 1.165) is 24.8 Å². The minimum Gasteiger partial charge on any atom is -0.492 e. The minimum atomic E-state index is 0.735. The van der Waals surface area contributed by atoms with E-state index in [9.17, 15) is 0 Å². The van der Waals surface area contributed by atoms with Crippen molar-refractivity contribution in [2.24, 2.45) is 0 Å². The molecular weight excluding hydrogens is 313 g/mol. The van der Waals surface area contributed by atoms with E-state index in [4.69, 9.17) is 4.74 Å². The molecule has 1 saturated heterocycles. The lowest BCUT2D eigenvalue weighted by atomic mass is 10.1. The minimum absolute atomic E-state index is 0.735. The predicted molar refractivity (Wildman–Crippen MR) is 74.9 cm³/mol. The van der Waals surface area contributed by atoms with Crippen molar-refractivity contribution in [3.8, 4) is 5.75 Å². The highest BCUT2D eigenvalue weighted by atomic mass is 127. The SMILES string of the molecule is Ic1ccccc1OCCCC1CCCN1. The molecule has 88 valence electrons. The van der Waals surface area contributed by atoms with Crippen LogP contribution in [0.5, 0.6) is 5.75 Å². The molecule has 1 N–H and O–H groups in total. The molecule has 1 heterocycles. The van der Waals surface area contributed by atoms with Crippen LogP contribution in [-0.4, -0.2) is 19.2 Å². The number of halogens is 1. The number of ether oxygens (including phenoxy) is 1. The third-order valence-electron chi connectivity index (χ3n) is 2.95. The molecule has 0 bridgehead atoms. The quantitative estimate of drug-likeness (QED) is 0.661. The smallest absolute Gasteiger partial charge is 0.132 e. The van der Waals surface area contributed by atoms with Crippen molar-refractivity contribution < 1.29 is 4.74 Å². The number of hydrogen-bond donors (Lipinski definition) is 1. The molecule has 3 heteroatoms. The van der Waals surface area contributed by atoms with Crippen LogP contribution in [0.3, 0.4) is 0 Å². The van der Waals surface area contributed by atoms with E-state index >= 15 is 0 Å². The van der Waals surface area contributed by atoms with Crippen molar-refractivity contribution in [3.05, 3.63) is 27.8 Å². The van der Waals surface area contributed by atoms with Crippen LogP contribution in [0, 0.1) is 3.57 Å². The molecule has 1 aliphatic rings. The van der Waals surface area contributed by atoms with Gasteiger partial charge in [-0.15, -0.1) is 0 Å². The highest BCUT2D eigenvalue weighted by Gasteiger charge is 2.12. The Hall–Kier alpha value is -0.290. The summed E-state index contributed by atoms with van der Waals surface area (Å²) >= 11 is 2.31. The summed E-state index contributed by atoms with van der Waals surface area (Å²) in [4.78, 5) is 0. The third-order valence-corrected chi connectivity index (χ3v) is 3.84. The van der Waals surface area contributed by atoms with Gasteiger partial charge in [-0.3, -0.25) is 0 Å². The van der Waals surface area contributed by atoms with Gasteiger partial charge in [0.25, 0.3) is 0 Å². The van der Waals surface area contributed by atoms with Gasteiger partial charge in [0.1, 0.15) is 5.75 Å². The summed E-state index contributed by atoms with van der Waals surface area (Å²) in [5.74, 6) is 1.02. The molecule has 1 aliphatic heterocycles. The van der Waals surface area contributed by atoms with Crippen molar-refractivity contribution >= 4 is 22.6 Å². The van der Waals surface area contributed by atoms with E-state index in [-0.39, 0.29) is 0 Å². The van der Waals surface area contributed by atoms with Crippen LogP contribution in [0.1, 0.15) is 25.7 Å². The lowest BCUT2D eigenvalue weighted by Crippen LogP contribution is -2.21. The fraction of sp³-hybridized carbons (Fsp3) is 0.538. The molecule has 0 aromatic heterocycles. The summed E-state index contributed by atoms with van der Waals surface area (Å²) in [6, 6.07) is 8.91. The van der Waals surface area contributed by atoms with Gasteiger partial charge in [-0.1, -0.05) is 12.1 Å². The van der Waals surface area contributed by atoms with E-state index < -0.39 is 0 Å². The summed E-state index contributed by atoms with van der Waals surface area (Å²) in [6.07, 6.45) is 5.05. The standard InChI is InChI=1S/C13H18INO/c14-12-7-1-2-8-13(12)16-10-4-6-11-5-3-9-15-11/h1-2,7-8,11,15H,3-6,9-10H2. The van der Waals surface area contributed by atoms with E-state index in [1.54, 1.807) is 0 Å². The van der Waals surface area contributed by atoms with Crippen molar-refractivity contribution in [3.63, 3.8) is 0 Å². The first-order valence-electron chi connectivity index (χ1n) is 5.97. The molecule has 0 spiro atoms. The normalized spacial score (nSPS) is 19.9. The van der Waals surface area contributed by atoms with Crippen LogP contribution in [0.4, 0.5) is 0 Å². The lowest BCUT2D eigenvalue weighted by Gasteiger charge is -2.11. The van der Waals surface area contributed by atoms with E-state index in [1.165, 1.54) is 29.4 Å². The molecule has 0 aliphatic carbocycles. The third kappa shape index (κ3) is 3.63. The van der Waals surface area contributed by atoms with Crippen LogP contribution in [0.2, 0.25) is 0 Å². The van der Waals surface area contributed by atoms with Crippen molar-refractivity contribution in [2.45, 2.75) is 31.7 Å². The molecule has 0 amide bonds. The molecular formula is C13H18INO. The van der Waals surface area contributed by atoms with Gasteiger partial charge in [0.05, 0.1) is 10.2 Å². The fourth-order valence-electron chi connectivity index (χ4n) is 2.08. The Morgan fingerprint density at radius 1 is 1.38 bits per heavy atom. The Morgan fingerprint density at radius 2 is 2.25 bits per heavy atom. The van der Waals surface area contributed by atoms with Gasteiger partial charge < -0.3 is 10.1 Å². The summed E-state index contributed by atoms with van der Waals surface area (Å²) in [5.41, 5.74) is 0. The summed E-state index contributed by atoms with van der Waals surface area (Å²) in [7, 11) is 0. The second-order valence-electron chi connectivity index (χ2n) is 4.21. The van der Waals surface area contributed by atoms with Crippen molar-refractivity contribution in [2.75, 3.05) is 13.2 Å². The Kier molecular flexibility index (Phi) is 4.91. The average Bonchev–Trinajstić information content (AvgIpc) is 2.79. The first kappa shape index (κ1) is 12.2. The van der Waals surface area contributed by atoms with E-state index in [2.05, 4.69) is 34.0 Å². The number of benzene rings is 1. The molecule has 1 aromatic carbocycles. The number of nitrogens with one attached hydrogen (secondary N) is 1.